The summed E-state index contributed by atoms with van der Waals surface area (Å²) in [5.41, 5.74) is 9.14. The van der Waals surface area contributed by atoms with Gasteiger partial charge in [0.25, 0.3) is 0 Å². The summed E-state index contributed by atoms with van der Waals surface area (Å²) in [6, 6.07) is 13.9. The summed E-state index contributed by atoms with van der Waals surface area (Å²) in [6.07, 6.45) is 5.45. The van der Waals surface area contributed by atoms with Gasteiger partial charge in [0.1, 0.15) is 5.82 Å². The van der Waals surface area contributed by atoms with Crippen LogP contribution in [0.2, 0.25) is 0 Å². The highest BCUT2D eigenvalue weighted by molar-refractivity contribution is 7.27. The number of anilines is 1. The molecule has 5 nitrogen and oxygen atoms in total. The maximum atomic E-state index is 12.4. The van der Waals surface area contributed by atoms with Crippen LogP contribution in [0.5, 0.6) is 0 Å². The van der Waals surface area contributed by atoms with Crippen LogP contribution in [0.15, 0.2) is 78.8 Å². The number of amides is 1. The molecule has 1 aliphatic heterocycles. The highest BCUT2D eigenvalue weighted by atomic mass is 31.0. The molecule has 1 amide bonds. The van der Waals surface area contributed by atoms with Crippen molar-refractivity contribution in [1.29, 1.82) is 0 Å². The molecule has 1 saturated heterocycles. The van der Waals surface area contributed by atoms with E-state index in [1.165, 1.54) is 0 Å². The Morgan fingerprint density at radius 3 is 2.61 bits per heavy atom. The molecule has 144 valence electrons. The zero-order valence-corrected chi connectivity index (χ0v) is 17.1. The zero-order valence-electron chi connectivity index (χ0n) is 15.9. The lowest BCUT2D eigenvalue weighted by molar-refractivity contribution is -0.124. The van der Waals surface area contributed by atoms with E-state index >= 15 is 0 Å². The maximum Gasteiger partial charge on any atom is 0.231 e. The Kier molecular flexibility index (Phi) is 6.27. The molecule has 6 heteroatoms. The summed E-state index contributed by atoms with van der Waals surface area (Å²) in [5.74, 6) is 0.736. The molecule has 1 aromatic carbocycles. The first-order valence-corrected chi connectivity index (χ1v) is 9.68. The molecule has 3 N–H and O–H groups in total. The van der Waals surface area contributed by atoms with Crippen molar-refractivity contribution in [2.24, 2.45) is 11.7 Å². The normalized spacial score (nSPS) is 15.1. The predicted octanol–water partition coefficient (Wildman–Crippen LogP) is 2.59. The molecule has 2 aromatic rings. The highest BCUT2D eigenvalue weighted by Crippen LogP contribution is 2.22. The standard InChI is InChI=1S/C22H25N4OP/c1-15(17-7-9-19(28)10-8-17)6-11-20(23)16(2)25-22(27)18-13-26(14-18)21-5-3-4-12-24-21/h3-12,18H,2,13-14,23,28H2,1H3,(H,25,27)/b15-6+,20-11+. The Balaban J connectivity index is 1.52. The number of rotatable bonds is 6. The summed E-state index contributed by atoms with van der Waals surface area (Å²) < 4.78 is 0. The van der Waals surface area contributed by atoms with Crippen LogP contribution in [0.3, 0.4) is 0 Å². The van der Waals surface area contributed by atoms with E-state index in [1.54, 1.807) is 12.3 Å². The summed E-state index contributed by atoms with van der Waals surface area (Å²) in [6.45, 7) is 7.20. The molecule has 28 heavy (non-hydrogen) atoms. The predicted molar refractivity (Wildman–Crippen MR) is 119 cm³/mol. The van der Waals surface area contributed by atoms with Crippen LogP contribution in [0, 0.1) is 5.92 Å². The molecule has 1 unspecified atom stereocenters. The van der Waals surface area contributed by atoms with Crippen molar-refractivity contribution in [3.05, 3.63) is 84.3 Å². The van der Waals surface area contributed by atoms with Gasteiger partial charge in [-0.05, 0) is 41.6 Å². The molecule has 0 aliphatic carbocycles. The van der Waals surface area contributed by atoms with Gasteiger partial charge in [0.05, 0.1) is 17.3 Å². The number of nitrogens with two attached hydrogens (primary N) is 1. The van der Waals surface area contributed by atoms with Gasteiger partial charge in [-0.15, -0.1) is 9.24 Å². The number of carbonyl (C=O) groups is 1. The smallest absolute Gasteiger partial charge is 0.231 e. The van der Waals surface area contributed by atoms with E-state index < -0.39 is 0 Å². The van der Waals surface area contributed by atoms with Crippen molar-refractivity contribution in [2.75, 3.05) is 18.0 Å². The molecule has 1 aliphatic rings. The molecule has 2 heterocycles. The van der Waals surface area contributed by atoms with Crippen molar-refractivity contribution in [3.63, 3.8) is 0 Å². The molecular formula is C22H25N4OP. The molecule has 0 radical (unpaired) electrons. The average molecular weight is 392 g/mol. The van der Waals surface area contributed by atoms with E-state index in [0.29, 0.717) is 24.5 Å². The number of allylic oxidation sites excluding steroid dienone is 3. The van der Waals surface area contributed by atoms with Gasteiger partial charge in [-0.2, -0.15) is 0 Å². The van der Waals surface area contributed by atoms with Crippen LogP contribution in [0.25, 0.3) is 5.57 Å². The molecule has 0 saturated carbocycles. The molecule has 0 bridgehead atoms. The van der Waals surface area contributed by atoms with E-state index in [-0.39, 0.29) is 11.8 Å². The molecule has 1 fully saturated rings. The summed E-state index contributed by atoms with van der Waals surface area (Å²) >= 11 is 0. The van der Waals surface area contributed by atoms with Crippen molar-refractivity contribution in [3.8, 4) is 0 Å². The van der Waals surface area contributed by atoms with Gasteiger partial charge in [-0.25, -0.2) is 4.98 Å². The fourth-order valence-electron chi connectivity index (χ4n) is 2.85. The zero-order chi connectivity index (χ0) is 20.1. The number of benzene rings is 1. The van der Waals surface area contributed by atoms with E-state index in [1.807, 2.05) is 43.3 Å². The first kappa shape index (κ1) is 19.8. The fourth-order valence-corrected chi connectivity index (χ4v) is 3.05. The Hall–Kier alpha value is -2.91. The van der Waals surface area contributed by atoms with Crippen molar-refractivity contribution < 1.29 is 4.79 Å². The minimum absolute atomic E-state index is 0.0646. The number of aromatic nitrogens is 1. The number of hydrogen-bond donors (Lipinski definition) is 2. The minimum Gasteiger partial charge on any atom is -0.397 e. The van der Waals surface area contributed by atoms with Crippen LogP contribution in [0.1, 0.15) is 12.5 Å². The van der Waals surface area contributed by atoms with Crippen LogP contribution >= 0.6 is 9.24 Å². The second-order valence-electron chi connectivity index (χ2n) is 6.85. The Labute approximate surface area is 168 Å². The largest absolute Gasteiger partial charge is 0.397 e. The number of nitrogens with zero attached hydrogens (tertiary/aromatic N) is 2. The van der Waals surface area contributed by atoms with Gasteiger partial charge >= 0.3 is 0 Å². The summed E-state index contributed by atoms with van der Waals surface area (Å²) in [5, 5.41) is 3.96. The molecule has 0 spiro atoms. The van der Waals surface area contributed by atoms with Crippen LogP contribution in [0.4, 0.5) is 5.82 Å². The average Bonchev–Trinajstić information content (AvgIpc) is 2.66. The fraction of sp³-hybridized carbons (Fsp3) is 0.182. The lowest BCUT2D eigenvalue weighted by Gasteiger charge is -2.39. The highest BCUT2D eigenvalue weighted by Gasteiger charge is 2.33. The topological polar surface area (TPSA) is 71.2 Å². The third-order valence-corrected chi connectivity index (χ3v) is 5.11. The third-order valence-electron chi connectivity index (χ3n) is 4.73. The lowest BCUT2D eigenvalue weighted by Crippen LogP contribution is -2.54. The Bertz CT molecular complexity index is 913. The Morgan fingerprint density at radius 2 is 1.96 bits per heavy atom. The van der Waals surface area contributed by atoms with Crippen LogP contribution in [-0.4, -0.2) is 24.0 Å². The molecule has 1 atom stereocenters. The van der Waals surface area contributed by atoms with Gasteiger partial charge in [0.2, 0.25) is 5.91 Å². The third kappa shape index (κ3) is 4.87. The van der Waals surface area contributed by atoms with Crippen LogP contribution < -0.4 is 21.3 Å². The number of carbonyl (C=O) groups excluding carboxylic acids is 1. The van der Waals surface area contributed by atoms with Gasteiger partial charge in [-0.1, -0.05) is 43.0 Å². The van der Waals surface area contributed by atoms with Crippen LogP contribution in [-0.2, 0) is 4.79 Å². The molecule has 1 aromatic heterocycles. The minimum atomic E-state index is -0.0886. The van der Waals surface area contributed by atoms with Crippen molar-refractivity contribution in [2.45, 2.75) is 6.92 Å². The second-order valence-corrected chi connectivity index (χ2v) is 7.52. The number of pyridine rings is 1. The quantitative estimate of drug-likeness (QED) is 0.586. The van der Waals surface area contributed by atoms with Crippen molar-refractivity contribution in [1.82, 2.24) is 10.3 Å². The van der Waals surface area contributed by atoms with Gasteiger partial charge in [-0.3, -0.25) is 4.79 Å². The van der Waals surface area contributed by atoms with E-state index in [4.69, 9.17) is 5.73 Å². The molecular weight excluding hydrogens is 367 g/mol. The van der Waals surface area contributed by atoms with Gasteiger partial charge in [0.15, 0.2) is 0 Å². The first-order valence-electron chi connectivity index (χ1n) is 9.10. The van der Waals surface area contributed by atoms with Gasteiger partial charge in [0, 0.05) is 19.3 Å². The number of hydrogen-bond acceptors (Lipinski definition) is 4. The van der Waals surface area contributed by atoms with E-state index in [2.05, 4.69) is 43.2 Å². The monoisotopic (exact) mass is 392 g/mol. The molecule has 3 rings (SSSR count). The van der Waals surface area contributed by atoms with E-state index in [9.17, 15) is 4.79 Å². The summed E-state index contributed by atoms with van der Waals surface area (Å²) in [7, 11) is 2.67. The lowest BCUT2D eigenvalue weighted by atomic mass is 9.99. The second kappa shape index (κ2) is 8.85. The van der Waals surface area contributed by atoms with Gasteiger partial charge < -0.3 is 16.0 Å². The number of nitrogens with one attached hydrogen (secondary N) is 1. The Morgan fingerprint density at radius 1 is 1.25 bits per heavy atom. The SMILES string of the molecule is C=C(NC(=O)C1CN(c2ccccn2)C1)/C(N)=C\C=C(/C)c1ccc(P)cc1. The summed E-state index contributed by atoms with van der Waals surface area (Å²) in [4.78, 5) is 18.8. The van der Waals surface area contributed by atoms with Crippen molar-refractivity contribution >= 4 is 31.8 Å². The maximum absolute atomic E-state index is 12.4. The van der Waals surface area contributed by atoms with E-state index in [0.717, 1.165) is 22.3 Å². The first-order chi connectivity index (χ1) is 13.4.